The topological polar surface area (TPSA) is 70.5 Å². The third-order valence-electron chi connectivity index (χ3n) is 6.93. The number of nitrogens with one attached hydrogen (secondary N) is 2. The molecule has 1 saturated heterocycles. The average Bonchev–Trinajstić information content (AvgIpc) is 3.55. The summed E-state index contributed by atoms with van der Waals surface area (Å²) in [5.41, 5.74) is 6.37. The highest BCUT2D eigenvalue weighted by molar-refractivity contribution is 5.85. The summed E-state index contributed by atoms with van der Waals surface area (Å²) in [4.78, 5) is 15.1. The maximum atomic E-state index is 5.50. The number of H-pyrrole nitrogens is 1. The number of hydrogen-bond donors (Lipinski definition) is 2. The third-order valence-corrected chi connectivity index (χ3v) is 6.93. The molecule has 6 rings (SSSR count). The van der Waals surface area contributed by atoms with Gasteiger partial charge in [0.15, 0.2) is 11.5 Å². The molecule has 35 heavy (non-hydrogen) atoms. The Labute approximate surface area is 204 Å². The number of hydrogen-bond acceptors (Lipinski definition) is 5. The fraction of sp³-hybridized carbons (Fsp3) is 0.286. The summed E-state index contributed by atoms with van der Waals surface area (Å²) in [6.45, 7) is 9.30. The SMILES string of the molecule is CC(C)(CN1CCOCC1)c1ccc(Nc2ncc(-c3ccc4cc[nH]c4c3)n3ccnc23)cc1. The summed E-state index contributed by atoms with van der Waals surface area (Å²) in [5, 5.41) is 4.66. The van der Waals surface area contributed by atoms with Crippen LogP contribution in [0.5, 0.6) is 0 Å². The standard InChI is InChI=1S/C28H30N6O/c1-28(2,19-33-13-15-35-16-14-33)22-5-7-23(8-6-22)32-26-27-30-11-12-34(27)25(18-31-26)21-4-3-20-9-10-29-24(20)17-21/h3-12,17-18,29H,13-16,19H2,1-2H3,(H,31,32). The molecule has 0 bridgehead atoms. The number of benzene rings is 2. The minimum absolute atomic E-state index is 0.0619. The second kappa shape index (κ2) is 8.83. The Hall–Kier alpha value is -3.68. The van der Waals surface area contributed by atoms with Crippen molar-refractivity contribution in [2.24, 2.45) is 0 Å². The molecule has 178 valence electrons. The van der Waals surface area contributed by atoms with Crippen LogP contribution in [-0.2, 0) is 10.2 Å². The van der Waals surface area contributed by atoms with Gasteiger partial charge in [0.1, 0.15) is 0 Å². The summed E-state index contributed by atoms with van der Waals surface area (Å²) in [6, 6.07) is 17.2. The first-order chi connectivity index (χ1) is 17.1. The van der Waals surface area contributed by atoms with Crippen molar-refractivity contribution in [1.29, 1.82) is 0 Å². The summed E-state index contributed by atoms with van der Waals surface area (Å²) >= 11 is 0. The smallest absolute Gasteiger partial charge is 0.180 e. The van der Waals surface area contributed by atoms with Gasteiger partial charge >= 0.3 is 0 Å². The molecule has 1 aliphatic heterocycles. The monoisotopic (exact) mass is 466 g/mol. The Kier molecular flexibility index (Phi) is 5.51. The minimum atomic E-state index is 0.0619. The van der Waals surface area contributed by atoms with Crippen molar-refractivity contribution in [3.8, 4) is 11.3 Å². The molecule has 2 N–H and O–H groups in total. The zero-order chi connectivity index (χ0) is 23.8. The highest BCUT2D eigenvalue weighted by Gasteiger charge is 2.25. The quantitative estimate of drug-likeness (QED) is 0.359. The van der Waals surface area contributed by atoms with Crippen LogP contribution in [0.4, 0.5) is 11.5 Å². The van der Waals surface area contributed by atoms with Crippen molar-refractivity contribution < 1.29 is 4.74 Å². The Morgan fingerprint density at radius 3 is 2.69 bits per heavy atom. The first kappa shape index (κ1) is 21.8. The molecular formula is C28H30N6O. The summed E-state index contributed by atoms with van der Waals surface area (Å²) in [6.07, 6.45) is 7.66. The van der Waals surface area contributed by atoms with E-state index in [0.29, 0.717) is 0 Å². The summed E-state index contributed by atoms with van der Waals surface area (Å²) < 4.78 is 7.58. The molecule has 0 radical (unpaired) electrons. The van der Waals surface area contributed by atoms with E-state index in [-0.39, 0.29) is 5.41 Å². The van der Waals surface area contributed by atoms with Crippen molar-refractivity contribution in [3.63, 3.8) is 0 Å². The Morgan fingerprint density at radius 1 is 1.03 bits per heavy atom. The average molecular weight is 467 g/mol. The van der Waals surface area contributed by atoms with Gasteiger partial charge in [-0.05, 0) is 35.2 Å². The van der Waals surface area contributed by atoms with Crippen LogP contribution >= 0.6 is 0 Å². The molecule has 4 heterocycles. The number of aromatic amines is 1. The summed E-state index contributed by atoms with van der Waals surface area (Å²) in [5.74, 6) is 0.736. The first-order valence-electron chi connectivity index (χ1n) is 12.1. The lowest BCUT2D eigenvalue weighted by atomic mass is 9.84. The number of fused-ring (bicyclic) bond motifs is 2. The van der Waals surface area contributed by atoms with E-state index in [1.165, 1.54) is 10.9 Å². The van der Waals surface area contributed by atoms with Gasteiger partial charge < -0.3 is 15.0 Å². The lowest BCUT2D eigenvalue weighted by Crippen LogP contribution is -2.43. The lowest BCUT2D eigenvalue weighted by molar-refractivity contribution is 0.0295. The zero-order valence-corrected chi connectivity index (χ0v) is 20.2. The molecule has 0 aliphatic carbocycles. The van der Waals surface area contributed by atoms with Gasteiger partial charge in [-0.2, -0.15) is 0 Å². The molecule has 0 saturated carbocycles. The predicted octanol–water partition coefficient (Wildman–Crippen LogP) is 5.23. The second-order valence-corrected chi connectivity index (χ2v) is 9.87. The molecule has 0 amide bonds. The fourth-order valence-corrected chi connectivity index (χ4v) is 4.98. The summed E-state index contributed by atoms with van der Waals surface area (Å²) in [7, 11) is 0. The van der Waals surface area contributed by atoms with Crippen molar-refractivity contribution in [2.45, 2.75) is 19.3 Å². The van der Waals surface area contributed by atoms with Gasteiger partial charge in [-0.3, -0.25) is 9.30 Å². The van der Waals surface area contributed by atoms with Gasteiger partial charge in [-0.1, -0.05) is 38.1 Å². The van der Waals surface area contributed by atoms with Gasteiger partial charge in [0.05, 0.1) is 25.1 Å². The molecule has 0 spiro atoms. The number of rotatable bonds is 6. The number of ether oxygens (including phenoxy) is 1. The Bertz CT molecular complexity index is 1460. The van der Waals surface area contributed by atoms with Gasteiger partial charge in [-0.15, -0.1) is 0 Å². The largest absolute Gasteiger partial charge is 0.379 e. The van der Waals surface area contributed by atoms with E-state index >= 15 is 0 Å². The Morgan fingerprint density at radius 2 is 1.86 bits per heavy atom. The highest BCUT2D eigenvalue weighted by Crippen LogP contribution is 2.29. The van der Waals surface area contributed by atoms with E-state index < -0.39 is 0 Å². The number of nitrogens with zero attached hydrogens (tertiary/aromatic N) is 4. The van der Waals surface area contributed by atoms with Crippen molar-refractivity contribution in [1.82, 2.24) is 24.3 Å². The number of imidazole rings is 1. The van der Waals surface area contributed by atoms with Crippen LogP contribution in [0.2, 0.25) is 0 Å². The van der Waals surface area contributed by atoms with E-state index in [0.717, 1.165) is 66.8 Å². The van der Waals surface area contributed by atoms with E-state index in [2.05, 4.69) is 87.0 Å². The molecule has 7 nitrogen and oxygen atoms in total. The van der Waals surface area contributed by atoms with E-state index in [1.807, 2.05) is 24.8 Å². The van der Waals surface area contributed by atoms with Crippen molar-refractivity contribution in [3.05, 3.63) is 78.9 Å². The van der Waals surface area contributed by atoms with E-state index in [1.54, 1.807) is 0 Å². The van der Waals surface area contributed by atoms with Crippen LogP contribution in [0.1, 0.15) is 19.4 Å². The fourth-order valence-electron chi connectivity index (χ4n) is 4.98. The number of morpholine rings is 1. The van der Waals surface area contributed by atoms with Crippen LogP contribution in [0.25, 0.3) is 27.8 Å². The number of aromatic nitrogens is 4. The lowest BCUT2D eigenvalue weighted by Gasteiger charge is -2.35. The van der Waals surface area contributed by atoms with Crippen LogP contribution in [0.3, 0.4) is 0 Å². The maximum absolute atomic E-state index is 5.50. The van der Waals surface area contributed by atoms with Gasteiger partial charge in [0, 0.05) is 60.4 Å². The molecule has 0 unspecified atom stereocenters. The van der Waals surface area contributed by atoms with Crippen LogP contribution in [-0.4, -0.2) is 57.1 Å². The van der Waals surface area contributed by atoms with Crippen LogP contribution < -0.4 is 5.32 Å². The maximum Gasteiger partial charge on any atom is 0.180 e. The van der Waals surface area contributed by atoms with Gasteiger partial charge in [0.2, 0.25) is 0 Å². The first-order valence-corrected chi connectivity index (χ1v) is 12.1. The Balaban J connectivity index is 1.24. The molecule has 1 aliphatic rings. The molecule has 5 aromatic rings. The van der Waals surface area contributed by atoms with E-state index in [4.69, 9.17) is 9.72 Å². The second-order valence-electron chi connectivity index (χ2n) is 9.87. The highest BCUT2D eigenvalue weighted by atomic mass is 16.5. The molecular weight excluding hydrogens is 436 g/mol. The molecule has 0 atom stereocenters. The normalized spacial score (nSPS) is 15.1. The minimum Gasteiger partial charge on any atom is -0.379 e. The van der Waals surface area contributed by atoms with Crippen molar-refractivity contribution >= 4 is 28.1 Å². The third kappa shape index (κ3) is 4.29. The molecule has 2 aromatic carbocycles. The molecule has 7 heteroatoms. The van der Waals surface area contributed by atoms with Crippen molar-refractivity contribution in [2.75, 3.05) is 38.2 Å². The van der Waals surface area contributed by atoms with Gasteiger partial charge in [-0.25, -0.2) is 9.97 Å². The molecule has 1 fully saturated rings. The van der Waals surface area contributed by atoms with Crippen LogP contribution in [0.15, 0.2) is 73.3 Å². The molecule has 3 aromatic heterocycles. The predicted molar refractivity (Wildman–Crippen MR) is 140 cm³/mol. The van der Waals surface area contributed by atoms with Gasteiger partial charge in [0.25, 0.3) is 0 Å². The van der Waals surface area contributed by atoms with Crippen LogP contribution in [0, 0.1) is 0 Å². The van der Waals surface area contributed by atoms with E-state index in [9.17, 15) is 0 Å². The zero-order valence-electron chi connectivity index (χ0n) is 20.2. The number of anilines is 2.